The van der Waals surface area contributed by atoms with Gasteiger partial charge in [-0.2, -0.15) is 0 Å². The summed E-state index contributed by atoms with van der Waals surface area (Å²) < 4.78 is 5.45. The molecule has 0 fully saturated rings. The fraction of sp³-hybridized carbons (Fsp3) is 0.444. The second-order valence-corrected chi connectivity index (χ2v) is 6.17. The molecule has 0 bridgehead atoms. The van der Waals surface area contributed by atoms with Crippen LogP contribution in [0.15, 0.2) is 35.0 Å². The minimum Gasteiger partial charge on any atom is -0.466 e. The Morgan fingerprint density at radius 1 is 1.38 bits per heavy atom. The Kier molecular flexibility index (Phi) is 5.62. The minimum absolute atomic E-state index is 0.0887. The van der Waals surface area contributed by atoms with Crippen molar-refractivity contribution in [1.82, 2.24) is 15.6 Å². The number of amides is 2. The van der Waals surface area contributed by atoms with E-state index >= 15 is 0 Å². The van der Waals surface area contributed by atoms with Gasteiger partial charge >= 0.3 is 6.03 Å². The number of rotatable bonds is 6. The number of aromatic nitrogens is 1. The summed E-state index contributed by atoms with van der Waals surface area (Å²) in [5, 5.41) is 16.3. The molecule has 2 unspecified atom stereocenters. The molecule has 2 aromatic rings. The topological polar surface area (TPSA) is 87.4 Å². The number of carbonyl (C=O) groups is 1. The van der Waals surface area contributed by atoms with E-state index in [9.17, 15) is 9.90 Å². The molecule has 2 rings (SSSR count). The number of nitrogens with zero attached hydrogens (tertiary/aromatic N) is 1. The molecule has 0 radical (unpaired) electrons. The number of carbonyl (C=O) groups excluding carboxylic acids is 1. The Labute approximate surface area is 142 Å². The van der Waals surface area contributed by atoms with E-state index in [2.05, 4.69) is 15.6 Å². The van der Waals surface area contributed by atoms with Gasteiger partial charge in [-0.15, -0.1) is 0 Å². The van der Waals surface area contributed by atoms with Crippen molar-refractivity contribution >= 4 is 6.03 Å². The van der Waals surface area contributed by atoms with E-state index in [0.717, 1.165) is 17.7 Å². The molecule has 0 aliphatic carbocycles. The third-order valence-electron chi connectivity index (χ3n) is 4.04. The molecule has 0 spiro atoms. The Bertz CT molecular complexity index is 680. The number of furan rings is 1. The number of aliphatic hydroxyl groups is 1. The summed E-state index contributed by atoms with van der Waals surface area (Å²) in [6, 6.07) is 5.12. The third kappa shape index (κ3) is 4.35. The molecule has 2 atom stereocenters. The van der Waals surface area contributed by atoms with E-state index in [4.69, 9.17) is 4.42 Å². The van der Waals surface area contributed by atoms with Crippen LogP contribution in [0.4, 0.5) is 4.79 Å². The summed E-state index contributed by atoms with van der Waals surface area (Å²) in [4.78, 5) is 16.2. The maximum Gasteiger partial charge on any atom is 0.315 e. The van der Waals surface area contributed by atoms with Crippen LogP contribution < -0.4 is 10.6 Å². The van der Waals surface area contributed by atoms with Gasteiger partial charge in [-0.1, -0.05) is 6.92 Å². The van der Waals surface area contributed by atoms with Crippen LogP contribution in [0.25, 0.3) is 0 Å². The highest BCUT2D eigenvalue weighted by Gasteiger charge is 2.28. The number of pyridine rings is 1. The van der Waals surface area contributed by atoms with Crippen LogP contribution in [0.2, 0.25) is 0 Å². The Morgan fingerprint density at radius 3 is 2.58 bits per heavy atom. The van der Waals surface area contributed by atoms with Crippen molar-refractivity contribution in [3.05, 3.63) is 53.2 Å². The van der Waals surface area contributed by atoms with E-state index in [0.29, 0.717) is 11.3 Å². The molecule has 2 amide bonds. The number of nitrogens with one attached hydrogen (secondary N) is 2. The lowest BCUT2D eigenvalue weighted by Crippen LogP contribution is -2.44. The van der Waals surface area contributed by atoms with Crippen molar-refractivity contribution in [2.75, 3.05) is 6.54 Å². The second kappa shape index (κ2) is 7.49. The fourth-order valence-corrected chi connectivity index (χ4v) is 2.74. The normalized spacial score (nSPS) is 14.7. The smallest absolute Gasteiger partial charge is 0.315 e. The molecule has 0 aliphatic rings. The van der Waals surface area contributed by atoms with Crippen LogP contribution in [0.1, 0.15) is 49.0 Å². The fourth-order valence-electron chi connectivity index (χ4n) is 2.74. The van der Waals surface area contributed by atoms with Gasteiger partial charge in [-0.3, -0.25) is 4.98 Å². The predicted octanol–water partition coefficient (Wildman–Crippen LogP) is 2.95. The molecule has 6 nitrogen and oxygen atoms in total. The zero-order chi connectivity index (χ0) is 17.7. The predicted molar refractivity (Wildman–Crippen MR) is 91.6 cm³/mol. The van der Waals surface area contributed by atoms with Crippen LogP contribution in [-0.4, -0.2) is 22.7 Å². The lowest BCUT2D eigenvalue weighted by molar-refractivity contribution is 0.0577. The van der Waals surface area contributed by atoms with Gasteiger partial charge in [0.25, 0.3) is 0 Å². The minimum atomic E-state index is -1.20. The number of urea groups is 1. The zero-order valence-corrected chi connectivity index (χ0v) is 14.6. The van der Waals surface area contributed by atoms with Crippen molar-refractivity contribution in [3.8, 4) is 0 Å². The van der Waals surface area contributed by atoms with Crippen molar-refractivity contribution in [2.24, 2.45) is 0 Å². The maximum absolute atomic E-state index is 12.2. The zero-order valence-electron chi connectivity index (χ0n) is 14.6. The highest BCUT2D eigenvalue weighted by atomic mass is 16.3. The Balaban J connectivity index is 1.96. The monoisotopic (exact) mass is 331 g/mol. The summed E-state index contributed by atoms with van der Waals surface area (Å²) in [7, 11) is 0. The summed E-state index contributed by atoms with van der Waals surface area (Å²) in [5.41, 5.74) is 0.481. The molecule has 0 saturated carbocycles. The first-order valence-electron chi connectivity index (χ1n) is 8.07. The largest absolute Gasteiger partial charge is 0.466 e. The molecule has 6 heteroatoms. The van der Waals surface area contributed by atoms with Gasteiger partial charge < -0.3 is 20.2 Å². The summed E-state index contributed by atoms with van der Waals surface area (Å²) >= 11 is 0. The highest BCUT2D eigenvalue weighted by molar-refractivity contribution is 5.74. The van der Waals surface area contributed by atoms with E-state index in [-0.39, 0.29) is 18.6 Å². The van der Waals surface area contributed by atoms with Gasteiger partial charge in [0.15, 0.2) is 0 Å². The molecule has 0 saturated heterocycles. The average molecular weight is 331 g/mol. The molecular weight excluding hydrogens is 306 g/mol. The SMILES string of the molecule is CCC(NC(=O)NCC(C)(O)c1cc(C)oc1C)c1ccncc1. The summed E-state index contributed by atoms with van der Waals surface area (Å²) in [6.45, 7) is 7.37. The van der Waals surface area contributed by atoms with Gasteiger partial charge in [0.2, 0.25) is 0 Å². The van der Waals surface area contributed by atoms with Crippen LogP contribution >= 0.6 is 0 Å². The van der Waals surface area contributed by atoms with Crippen LogP contribution in [0.3, 0.4) is 0 Å². The van der Waals surface area contributed by atoms with Crippen molar-refractivity contribution < 1.29 is 14.3 Å². The van der Waals surface area contributed by atoms with Crippen molar-refractivity contribution in [2.45, 2.75) is 45.8 Å². The number of aryl methyl sites for hydroxylation is 2. The number of hydrogen-bond acceptors (Lipinski definition) is 4. The van der Waals surface area contributed by atoms with Gasteiger partial charge in [-0.05, 0) is 51.0 Å². The van der Waals surface area contributed by atoms with E-state index < -0.39 is 5.60 Å². The van der Waals surface area contributed by atoms with E-state index in [1.54, 1.807) is 32.3 Å². The lowest BCUT2D eigenvalue weighted by Gasteiger charge is -2.24. The van der Waals surface area contributed by atoms with Crippen molar-refractivity contribution in [1.29, 1.82) is 0 Å². The lowest BCUT2D eigenvalue weighted by atomic mass is 9.96. The van der Waals surface area contributed by atoms with E-state index in [1.807, 2.05) is 26.0 Å². The molecule has 3 N–H and O–H groups in total. The number of hydrogen-bond donors (Lipinski definition) is 3. The standard InChI is InChI=1S/C18H25N3O3/c1-5-16(14-6-8-19-9-7-14)21-17(22)20-11-18(4,23)15-10-12(2)24-13(15)3/h6-10,16,23H,5,11H2,1-4H3,(H2,20,21,22). The Morgan fingerprint density at radius 2 is 2.04 bits per heavy atom. The van der Waals surface area contributed by atoms with Crippen LogP contribution in [0, 0.1) is 13.8 Å². The van der Waals surface area contributed by atoms with Crippen LogP contribution in [-0.2, 0) is 5.60 Å². The quantitative estimate of drug-likeness (QED) is 0.759. The summed E-state index contributed by atoms with van der Waals surface area (Å²) in [5.74, 6) is 1.39. The average Bonchev–Trinajstić information content (AvgIpc) is 2.91. The second-order valence-electron chi connectivity index (χ2n) is 6.17. The van der Waals surface area contributed by atoms with Crippen LogP contribution in [0.5, 0.6) is 0 Å². The molecule has 24 heavy (non-hydrogen) atoms. The Hall–Kier alpha value is -2.34. The summed E-state index contributed by atoms with van der Waals surface area (Å²) in [6.07, 6.45) is 4.16. The molecule has 2 aromatic heterocycles. The molecule has 130 valence electrons. The van der Waals surface area contributed by atoms with Gasteiger partial charge in [0, 0.05) is 18.0 Å². The van der Waals surface area contributed by atoms with Gasteiger partial charge in [0.1, 0.15) is 17.1 Å². The molecular formula is C18H25N3O3. The molecule has 0 aromatic carbocycles. The van der Waals surface area contributed by atoms with Gasteiger partial charge in [-0.25, -0.2) is 4.79 Å². The van der Waals surface area contributed by atoms with Crippen molar-refractivity contribution in [3.63, 3.8) is 0 Å². The first-order valence-corrected chi connectivity index (χ1v) is 8.07. The first-order chi connectivity index (χ1) is 11.3. The highest BCUT2D eigenvalue weighted by Crippen LogP contribution is 2.26. The molecule has 2 heterocycles. The van der Waals surface area contributed by atoms with E-state index in [1.165, 1.54) is 0 Å². The molecule has 0 aliphatic heterocycles. The van der Waals surface area contributed by atoms with Gasteiger partial charge in [0.05, 0.1) is 12.6 Å². The third-order valence-corrected chi connectivity index (χ3v) is 4.04. The maximum atomic E-state index is 12.2. The first kappa shape index (κ1) is 18.0.